The monoisotopic (exact) mass is 240 g/mol. The fourth-order valence-electron chi connectivity index (χ4n) is 1.40. The van der Waals surface area contributed by atoms with Gasteiger partial charge >= 0.3 is 0 Å². The lowest BCUT2D eigenvalue weighted by atomic mass is 10.1. The van der Waals surface area contributed by atoms with E-state index in [1.807, 2.05) is 13.0 Å². The maximum Gasteiger partial charge on any atom is 0.237 e. The van der Waals surface area contributed by atoms with E-state index in [9.17, 15) is 4.79 Å². The number of nitriles is 1. The fourth-order valence-corrected chi connectivity index (χ4v) is 1.40. The van der Waals surface area contributed by atoms with Crippen molar-refractivity contribution in [1.29, 1.82) is 5.26 Å². The minimum Gasteiger partial charge on any atom is -0.381 e. The second-order valence-electron chi connectivity index (χ2n) is 4.08. The van der Waals surface area contributed by atoms with Crippen molar-refractivity contribution in [2.24, 2.45) is 5.92 Å². The van der Waals surface area contributed by atoms with E-state index in [1.54, 1.807) is 0 Å². The summed E-state index contributed by atoms with van der Waals surface area (Å²) in [6.45, 7) is 6.15. The summed E-state index contributed by atoms with van der Waals surface area (Å²) in [6.07, 6.45) is 4.51. The van der Waals surface area contributed by atoms with Crippen LogP contribution in [-0.4, -0.2) is 25.7 Å². The summed E-state index contributed by atoms with van der Waals surface area (Å²) in [4.78, 5) is 11.5. The molecule has 1 N–H and O–H groups in total. The number of rotatable bonds is 10. The van der Waals surface area contributed by atoms with Crippen LogP contribution in [0.15, 0.2) is 0 Å². The summed E-state index contributed by atoms with van der Waals surface area (Å²) in [5.74, 6) is -0.649. The molecule has 0 saturated carbocycles. The van der Waals surface area contributed by atoms with E-state index in [1.165, 1.54) is 0 Å². The first-order chi connectivity index (χ1) is 8.26. The summed E-state index contributed by atoms with van der Waals surface area (Å²) in [6, 6.07) is 2.03. The Labute approximate surface area is 104 Å². The molecule has 0 aliphatic rings. The second-order valence-corrected chi connectivity index (χ2v) is 4.08. The van der Waals surface area contributed by atoms with Crippen LogP contribution < -0.4 is 5.32 Å². The van der Waals surface area contributed by atoms with Crippen molar-refractivity contribution in [3.63, 3.8) is 0 Å². The highest BCUT2D eigenvalue weighted by atomic mass is 16.5. The highest BCUT2D eigenvalue weighted by molar-refractivity contribution is 5.80. The molecule has 0 bridgehead atoms. The Balaban J connectivity index is 3.47. The van der Waals surface area contributed by atoms with Crippen molar-refractivity contribution < 1.29 is 9.53 Å². The summed E-state index contributed by atoms with van der Waals surface area (Å²) >= 11 is 0. The second kappa shape index (κ2) is 11.4. The van der Waals surface area contributed by atoms with Gasteiger partial charge in [0, 0.05) is 19.8 Å². The maximum atomic E-state index is 11.5. The van der Waals surface area contributed by atoms with Crippen LogP contribution in [0.5, 0.6) is 0 Å². The number of carbonyl (C=O) groups is 1. The summed E-state index contributed by atoms with van der Waals surface area (Å²) < 4.78 is 5.37. The van der Waals surface area contributed by atoms with Crippen LogP contribution in [0.2, 0.25) is 0 Å². The van der Waals surface area contributed by atoms with Gasteiger partial charge in [-0.3, -0.25) is 4.79 Å². The highest BCUT2D eigenvalue weighted by Crippen LogP contribution is 2.04. The fraction of sp³-hybridized carbons (Fsp3) is 0.846. The molecule has 0 heterocycles. The Kier molecular flexibility index (Phi) is 10.7. The van der Waals surface area contributed by atoms with Crippen molar-refractivity contribution in [2.45, 2.75) is 46.0 Å². The van der Waals surface area contributed by atoms with E-state index in [-0.39, 0.29) is 5.91 Å². The van der Waals surface area contributed by atoms with Gasteiger partial charge in [0.2, 0.25) is 5.91 Å². The number of ether oxygens (including phenoxy) is 1. The molecule has 0 rings (SSSR count). The first-order valence-corrected chi connectivity index (χ1v) is 6.51. The number of nitrogens with one attached hydrogen (secondary N) is 1. The first kappa shape index (κ1) is 15.9. The lowest BCUT2D eigenvalue weighted by Crippen LogP contribution is -2.31. The lowest BCUT2D eigenvalue weighted by Gasteiger charge is -2.09. The minimum atomic E-state index is -0.499. The smallest absolute Gasteiger partial charge is 0.237 e. The molecule has 1 atom stereocenters. The Hall–Kier alpha value is -1.08. The Morgan fingerprint density at radius 1 is 1.29 bits per heavy atom. The third kappa shape index (κ3) is 8.70. The molecule has 0 aromatic carbocycles. The number of unbranched alkanes of at least 4 members (excludes halogenated alkanes) is 1. The van der Waals surface area contributed by atoms with Crippen molar-refractivity contribution in [1.82, 2.24) is 5.32 Å². The van der Waals surface area contributed by atoms with Crippen molar-refractivity contribution >= 4 is 5.91 Å². The summed E-state index contributed by atoms with van der Waals surface area (Å²) in [7, 11) is 0. The molecule has 0 aromatic rings. The van der Waals surface area contributed by atoms with Gasteiger partial charge in [-0.05, 0) is 19.3 Å². The Morgan fingerprint density at radius 2 is 2.00 bits per heavy atom. The molecule has 0 spiro atoms. The van der Waals surface area contributed by atoms with Crippen molar-refractivity contribution in [3.8, 4) is 6.07 Å². The molecule has 0 saturated heterocycles. The number of hydrogen-bond donors (Lipinski definition) is 1. The van der Waals surface area contributed by atoms with Gasteiger partial charge in [-0.2, -0.15) is 5.26 Å². The van der Waals surface area contributed by atoms with E-state index in [0.717, 1.165) is 32.3 Å². The van der Waals surface area contributed by atoms with E-state index in [0.29, 0.717) is 19.6 Å². The maximum absolute atomic E-state index is 11.5. The van der Waals surface area contributed by atoms with Crippen molar-refractivity contribution in [2.75, 3.05) is 19.8 Å². The molecular weight excluding hydrogens is 216 g/mol. The van der Waals surface area contributed by atoms with Gasteiger partial charge in [0.15, 0.2) is 0 Å². The molecule has 0 aliphatic carbocycles. The van der Waals surface area contributed by atoms with Crippen LogP contribution in [0.25, 0.3) is 0 Å². The molecule has 4 nitrogen and oxygen atoms in total. The molecule has 1 amide bonds. The van der Waals surface area contributed by atoms with Crippen LogP contribution in [0, 0.1) is 17.2 Å². The van der Waals surface area contributed by atoms with Gasteiger partial charge in [-0.15, -0.1) is 0 Å². The van der Waals surface area contributed by atoms with Gasteiger partial charge in [0.25, 0.3) is 0 Å². The van der Waals surface area contributed by atoms with Crippen LogP contribution in [-0.2, 0) is 9.53 Å². The van der Waals surface area contributed by atoms with E-state index < -0.39 is 5.92 Å². The Morgan fingerprint density at radius 3 is 2.59 bits per heavy atom. The SMILES string of the molecule is CCCCOCCCNC(=O)C(C#N)CCC. The molecule has 4 heteroatoms. The van der Waals surface area contributed by atoms with Gasteiger partial charge < -0.3 is 10.1 Å². The molecule has 0 aromatic heterocycles. The molecule has 0 radical (unpaired) electrons. The average Bonchev–Trinajstić information content (AvgIpc) is 2.34. The average molecular weight is 240 g/mol. The zero-order valence-electron chi connectivity index (χ0n) is 11.0. The zero-order valence-corrected chi connectivity index (χ0v) is 11.0. The number of nitrogens with zero attached hydrogens (tertiary/aromatic N) is 1. The number of carbonyl (C=O) groups excluding carboxylic acids is 1. The molecule has 98 valence electrons. The Bertz CT molecular complexity index is 236. The molecular formula is C13H24N2O2. The third-order valence-corrected chi connectivity index (χ3v) is 2.46. The van der Waals surface area contributed by atoms with Crippen LogP contribution in [0.3, 0.4) is 0 Å². The number of amides is 1. The number of hydrogen-bond acceptors (Lipinski definition) is 3. The minimum absolute atomic E-state index is 0.150. The normalized spacial score (nSPS) is 11.8. The standard InChI is InChI=1S/C13H24N2O2/c1-3-5-9-17-10-6-8-15-13(16)12(11-14)7-4-2/h12H,3-10H2,1-2H3,(H,15,16). The van der Waals surface area contributed by atoms with Crippen LogP contribution in [0.1, 0.15) is 46.0 Å². The molecule has 1 unspecified atom stereocenters. The van der Waals surface area contributed by atoms with Crippen LogP contribution in [0.4, 0.5) is 0 Å². The topological polar surface area (TPSA) is 62.1 Å². The van der Waals surface area contributed by atoms with E-state index >= 15 is 0 Å². The molecule has 17 heavy (non-hydrogen) atoms. The summed E-state index contributed by atoms with van der Waals surface area (Å²) in [5.41, 5.74) is 0. The van der Waals surface area contributed by atoms with Gasteiger partial charge in [0.1, 0.15) is 5.92 Å². The largest absolute Gasteiger partial charge is 0.381 e. The van der Waals surface area contributed by atoms with Crippen molar-refractivity contribution in [3.05, 3.63) is 0 Å². The lowest BCUT2D eigenvalue weighted by molar-refractivity contribution is -0.123. The highest BCUT2D eigenvalue weighted by Gasteiger charge is 2.15. The van der Waals surface area contributed by atoms with E-state index in [4.69, 9.17) is 10.00 Å². The van der Waals surface area contributed by atoms with Gasteiger partial charge in [-0.25, -0.2) is 0 Å². The van der Waals surface area contributed by atoms with Crippen LogP contribution >= 0.6 is 0 Å². The summed E-state index contributed by atoms with van der Waals surface area (Å²) in [5, 5.41) is 11.6. The quantitative estimate of drug-likeness (QED) is 0.596. The first-order valence-electron chi connectivity index (χ1n) is 6.51. The zero-order chi connectivity index (χ0) is 12.9. The predicted molar refractivity (Wildman–Crippen MR) is 67.4 cm³/mol. The molecule has 0 aliphatic heterocycles. The van der Waals surface area contributed by atoms with Gasteiger partial charge in [0.05, 0.1) is 6.07 Å². The molecule has 0 fully saturated rings. The van der Waals surface area contributed by atoms with E-state index in [2.05, 4.69) is 12.2 Å². The third-order valence-electron chi connectivity index (χ3n) is 2.46. The van der Waals surface area contributed by atoms with Gasteiger partial charge in [-0.1, -0.05) is 26.7 Å². The predicted octanol–water partition coefficient (Wildman–Crippen LogP) is 2.25.